The third kappa shape index (κ3) is 3.91. The number of methoxy groups -OCH3 is 1. The average molecular weight is 258 g/mol. The van der Waals surface area contributed by atoms with Gasteiger partial charge in [0.15, 0.2) is 0 Å². The molecule has 1 N–H and O–H groups in total. The minimum absolute atomic E-state index is 0.228. The first-order valence-corrected chi connectivity index (χ1v) is 5.64. The topological polar surface area (TPSA) is 47.6 Å². The van der Waals surface area contributed by atoms with Gasteiger partial charge in [0.05, 0.1) is 17.7 Å². The van der Waals surface area contributed by atoms with Crippen molar-refractivity contribution in [2.45, 2.75) is 13.0 Å². The second-order valence-corrected chi connectivity index (χ2v) is 4.04. The first kappa shape index (κ1) is 13.8. The standard InChI is InChI=1S/C12H16ClNO3/c1-8(14-2)7-17-11-5-4-9(6-10(11)13)12(15)16-3/h4-6,8,14H,7H2,1-3H3/t8-/m0/s1. The number of nitrogens with one attached hydrogen (secondary N) is 1. The SMILES string of the molecule is CN[C@@H](C)COc1ccc(C(=O)OC)cc1Cl. The second-order valence-electron chi connectivity index (χ2n) is 3.64. The molecule has 0 aliphatic rings. The van der Waals surface area contributed by atoms with E-state index < -0.39 is 5.97 Å². The van der Waals surface area contributed by atoms with Gasteiger partial charge >= 0.3 is 5.97 Å². The molecule has 0 bridgehead atoms. The van der Waals surface area contributed by atoms with Crippen LogP contribution in [0.4, 0.5) is 0 Å². The maximum absolute atomic E-state index is 11.3. The van der Waals surface area contributed by atoms with Crippen LogP contribution in [0, 0.1) is 0 Å². The normalized spacial score (nSPS) is 12.0. The van der Waals surface area contributed by atoms with Gasteiger partial charge in [-0.15, -0.1) is 0 Å². The predicted octanol–water partition coefficient (Wildman–Crippen LogP) is 2.11. The van der Waals surface area contributed by atoms with E-state index in [2.05, 4.69) is 10.1 Å². The molecule has 0 radical (unpaired) electrons. The van der Waals surface area contributed by atoms with Crippen molar-refractivity contribution in [3.8, 4) is 5.75 Å². The van der Waals surface area contributed by atoms with Crippen molar-refractivity contribution in [1.82, 2.24) is 5.32 Å². The predicted molar refractivity (Wildman–Crippen MR) is 66.8 cm³/mol. The summed E-state index contributed by atoms with van der Waals surface area (Å²) < 4.78 is 10.1. The summed E-state index contributed by atoms with van der Waals surface area (Å²) in [5, 5.41) is 3.45. The zero-order chi connectivity index (χ0) is 12.8. The Bertz CT molecular complexity index is 395. The van der Waals surface area contributed by atoms with Gasteiger partial charge in [-0.3, -0.25) is 0 Å². The van der Waals surface area contributed by atoms with E-state index >= 15 is 0 Å². The van der Waals surface area contributed by atoms with Crippen LogP contribution in [0.3, 0.4) is 0 Å². The molecule has 5 heteroatoms. The first-order chi connectivity index (χ1) is 8.08. The zero-order valence-corrected chi connectivity index (χ0v) is 10.9. The molecule has 0 unspecified atom stereocenters. The summed E-state index contributed by atoms with van der Waals surface area (Å²) in [6.07, 6.45) is 0. The molecule has 1 atom stereocenters. The highest BCUT2D eigenvalue weighted by molar-refractivity contribution is 6.32. The minimum Gasteiger partial charge on any atom is -0.490 e. The van der Waals surface area contributed by atoms with Gasteiger partial charge in [-0.1, -0.05) is 11.6 Å². The summed E-state index contributed by atoms with van der Waals surface area (Å²) in [7, 11) is 3.19. The number of ether oxygens (including phenoxy) is 2. The smallest absolute Gasteiger partial charge is 0.337 e. The van der Waals surface area contributed by atoms with Crippen LogP contribution in [0.2, 0.25) is 5.02 Å². The van der Waals surface area contributed by atoms with E-state index in [0.29, 0.717) is 22.9 Å². The lowest BCUT2D eigenvalue weighted by Gasteiger charge is -2.13. The van der Waals surface area contributed by atoms with Gasteiger partial charge in [0.1, 0.15) is 12.4 Å². The second kappa shape index (κ2) is 6.47. The van der Waals surface area contributed by atoms with E-state index in [4.69, 9.17) is 16.3 Å². The van der Waals surface area contributed by atoms with Gasteiger partial charge in [-0.05, 0) is 32.2 Å². The fourth-order valence-electron chi connectivity index (χ4n) is 1.16. The Morgan fingerprint density at radius 3 is 2.76 bits per heavy atom. The molecule has 17 heavy (non-hydrogen) atoms. The lowest BCUT2D eigenvalue weighted by molar-refractivity contribution is 0.0600. The van der Waals surface area contributed by atoms with Gasteiger partial charge in [0.25, 0.3) is 0 Å². The average Bonchev–Trinajstić information content (AvgIpc) is 2.35. The quantitative estimate of drug-likeness (QED) is 0.821. The number of likely N-dealkylation sites (N-methyl/N-ethyl adjacent to an activating group) is 1. The molecular formula is C12H16ClNO3. The Balaban J connectivity index is 2.73. The van der Waals surface area contributed by atoms with Crippen molar-refractivity contribution >= 4 is 17.6 Å². The summed E-state index contributed by atoms with van der Waals surface area (Å²) in [6.45, 7) is 2.50. The van der Waals surface area contributed by atoms with Crippen LogP contribution in [0.5, 0.6) is 5.75 Å². The van der Waals surface area contributed by atoms with E-state index in [-0.39, 0.29) is 6.04 Å². The van der Waals surface area contributed by atoms with E-state index in [0.717, 1.165) is 0 Å². The minimum atomic E-state index is -0.415. The monoisotopic (exact) mass is 257 g/mol. The molecule has 1 aromatic rings. The molecule has 0 saturated heterocycles. The Labute approximate surface area is 106 Å². The van der Waals surface area contributed by atoms with E-state index in [1.165, 1.54) is 13.2 Å². The van der Waals surface area contributed by atoms with Crippen LogP contribution in [0.25, 0.3) is 0 Å². The molecule has 0 heterocycles. The van der Waals surface area contributed by atoms with Crippen molar-refractivity contribution in [3.63, 3.8) is 0 Å². The number of hydrogen-bond acceptors (Lipinski definition) is 4. The van der Waals surface area contributed by atoms with E-state index in [9.17, 15) is 4.79 Å². The van der Waals surface area contributed by atoms with Gasteiger partial charge in [-0.25, -0.2) is 4.79 Å². The lowest BCUT2D eigenvalue weighted by Crippen LogP contribution is -2.28. The molecule has 0 saturated carbocycles. The van der Waals surface area contributed by atoms with Crippen LogP contribution in [-0.2, 0) is 4.74 Å². The Hall–Kier alpha value is -1.26. The van der Waals surface area contributed by atoms with Crippen molar-refractivity contribution in [3.05, 3.63) is 28.8 Å². The van der Waals surface area contributed by atoms with E-state index in [1.807, 2.05) is 14.0 Å². The largest absolute Gasteiger partial charge is 0.490 e. The summed E-state index contributed by atoms with van der Waals surface area (Å²) >= 11 is 6.00. The Kier molecular flexibility index (Phi) is 5.25. The Morgan fingerprint density at radius 1 is 1.53 bits per heavy atom. The number of hydrogen-bond donors (Lipinski definition) is 1. The third-order valence-electron chi connectivity index (χ3n) is 2.33. The maximum Gasteiger partial charge on any atom is 0.337 e. The van der Waals surface area contributed by atoms with E-state index in [1.54, 1.807) is 12.1 Å². The first-order valence-electron chi connectivity index (χ1n) is 5.26. The third-order valence-corrected chi connectivity index (χ3v) is 2.63. The number of esters is 1. The molecule has 0 aliphatic carbocycles. The van der Waals surface area contributed by atoms with Crippen molar-refractivity contribution < 1.29 is 14.3 Å². The number of halogens is 1. The summed E-state index contributed by atoms with van der Waals surface area (Å²) in [6, 6.07) is 5.05. The molecule has 0 amide bonds. The molecular weight excluding hydrogens is 242 g/mol. The lowest BCUT2D eigenvalue weighted by atomic mass is 10.2. The van der Waals surface area contributed by atoms with Crippen LogP contribution < -0.4 is 10.1 Å². The summed E-state index contributed by atoms with van der Waals surface area (Å²) in [4.78, 5) is 11.3. The molecule has 0 aromatic heterocycles. The number of carbonyl (C=O) groups excluding carboxylic acids is 1. The van der Waals surface area contributed by atoms with Crippen LogP contribution in [0.15, 0.2) is 18.2 Å². The van der Waals surface area contributed by atoms with Crippen LogP contribution in [0.1, 0.15) is 17.3 Å². The number of rotatable bonds is 5. The van der Waals surface area contributed by atoms with Crippen LogP contribution >= 0.6 is 11.6 Å². The summed E-state index contributed by atoms with van der Waals surface area (Å²) in [5.41, 5.74) is 0.409. The number of benzene rings is 1. The molecule has 1 rings (SSSR count). The molecule has 94 valence electrons. The number of carbonyl (C=O) groups is 1. The van der Waals surface area contributed by atoms with Crippen molar-refractivity contribution in [2.24, 2.45) is 0 Å². The fraction of sp³-hybridized carbons (Fsp3) is 0.417. The molecule has 0 spiro atoms. The Morgan fingerprint density at radius 2 is 2.24 bits per heavy atom. The van der Waals surface area contributed by atoms with Crippen molar-refractivity contribution in [1.29, 1.82) is 0 Å². The van der Waals surface area contributed by atoms with Crippen molar-refractivity contribution in [2.75, 3.05) is 20.8 Å². The fourth-order valence-corrected chi connectivity index (χ4v) is 1.40. The molecule has 0 fully saturated rings. The highest BCUT2D eigenvalue weighted by Crippen LogP contribution is 2.25. The van der Waals surface area contributed by atoms with Gasteiger partial charge < -0.3 is 14.8 Å². The molecule has 1 aromatic carbocycles. The van der Waals surface area contributed by atoms with Gasteiger partial charge in [0.2, 0.25) is 0 Å². The summed E-state index contributed by atoms with van der Waals surface area (Å²) in [5.74, 6) is 0.142. The maximum atomic E-state index is 11.3. The highest BCUT2D eigenvalue weighted by atomic mass is 35.5. The van der Waals surface area contributed by atoms with Crippen LogP contribution in [-0.4, -0.2) is 32.8 Å². The van der Waals surface area contributed by atoms with Gasteiger partial charge in [0, 0.05) is 6.04 Å². The molecule has 4 nitrogen and oxygen atoms in total. The zero-order valence-electron chi connectivity index (χ0n) is 10.1. The van der Waals surface area contributed by atoms with Gasteiger partial charge in [-0.2, -0.15) is 0 Å². The molecule has 0 aliphatic heterocycles. The highest BCUT2D eigenvalue weighted by Gasteiger charge is 2.10.